The third-order valence-corrected chi connectivity index (χ3v) is 2.89. The highest BCUT2D eigenvalue weighted by Gasteiger charge is 2.13. The van der Waals surface area contributed by atoms with E-state index >= 15 is 0 Å². The maximum absolute atomic E-state index is 9.53. The van der Waals surface area contributed by atoms with Gasteiger partial charge in [0.1, 0.15) is 11.6 Å². The number of nitrogens with zero attached hydrogens (tertiary/aromatic N) is 1. The van der Waals surface area contributed by atoms with Crippen LogP contribution in [0.3, 0.4) is 0 Å². The van der Waals surface area contributed by atoms with Gasteiger partial charge in [0.15, 0.2) is 0 Å². The van der Waals surface area contributed by atoms with E-state index in [2.05, 4.69) is 0 Å². The summed E-state index contributed by atoms with van der Waals surface area (Å²) in [5, 5.41) is 18.1. The van der Waals surface area contributed by atoms with Crippen molar-refractivity contribution < 1.29 is 5.11 Å². The minimum atomic E-state index is 0.0365. The van der Waals surface area contributed by atoms with E-state index in [1.807, 2.05) is 28.7 Å². The fraction of sp³-hybridized carbons (Fsp3) is 0. The molecule has 2 aromatic heterocycles. The molecule has 0 radical (unpaired) electrons. The van der Waals surface area contributed by atoms with E-state index in [9.17, 15) is 5.11 Å². The number of fused-ring (bicyclic) bond motifs is 3. The predicted molar refractivity (Wildman–Crippen MR) is 67.6 cm³/mol. The van der Waals surface area contributed by atoms with Crippen molar-refractivity contribution in [3.63, 3.8) is 0 Å². The van der Waals surface area contributed by atoms with E-state index in [0.29, 0.717) is 5.56 Å². The molecule has 0 bridgehead atoms. The molecule has 0 aliphatic heterocycles. The molecule has 0 spiro atoms. The molecule has 1 aromatic carbocycles. The lowest BCUT2D eigenvalue weighted by atomic mass is 10.1. The van der Waals surface area contributed by atoms with E-state index < -0.39 is 0 Å². The monoisotopic (exact) mass is 225 g/mol. The van der Waals surface area contributed by atoms with Crippen molar-refractivity contribution in [3.05, 3.63) is 48.2 Å². The summed E-state index contributed by atoms with van der Waals surface area (Å²) in [6.45, 7) is 0. The number of nitrogen functional groups attached to an aromatic ring is 1. The molecule has 4 nitrogen and oxygen atoms in total. The van der Waals surface area contributed by atoms with Gasteiger partial charge >= 0.3 is 0 Å². The highest BCUT2D eigenvalue weighted by Crippen LogP contribution is 2.27. The molecular formula is C13H11N3O. The van der Waals surface area contributed by atoms with Crippen LogP contribution in [-0.2, 0) is 0 Å². The Kier molecular flexibility index (Phi) is 1.86. The van der Waals surface area contributed by atoms with Crippen LogP contribution in [0, 0.1) is 5.41 Å². The van der Waals surface area contributed by atoms with Gasteiger partial charge in [0, 0.05) is 10.9 Å². The Hall–Kier alpha value is -2.49. The van der Waals surface area contributed by atoms with Crippen molar-refractivity contribution in [2.45, 2.75) is 0 Å². The first kappa shape index (κ1) is 9.72. The standard InChI is InChI=1S/C13H11N3O/c14-13(15)12-9-3-1-2-4-10(9)16-7-8(17)5-6-11(12)16/h1-7,17H,(H3,14,15). The number of rotatable bonds is 1. The molecule has 3 aromatic rings. The fourth-order valence-electron chi connectivity index (χ4n) is 2.21. The first-order valence-electron chi connectivity index (χ1n) is 5.24. The minimum Gasteiger partial charge on any atom is -0.506 e. The van der Waals surface area contributed by atoms with Crippen molar-refractivity contribution in [2.24, 2.45) is 5.73 Å². The second kappa shape index (κ2) is 3.25. The first-order chi connectivity index (χ1) is 8.18. The summed E-state index contributed by atoms with van der Waals surface area (Å²) in [7, 11) is 0. The molecule has 0 fully saturated rings. The summed E-state index contributed by atoms with van der Waals surface area (Å²) in [4.78, 5) is 0. The largest absolute Gasteiger partial charge is 0.506 e. The lowest BCUT2D eigenvalue weighted by Crippen LogP contribution is -2.10. The number of hydrogen-bond acceptors (Lipinski definition) is 2. The molecule has 4 N–H and O–H groups in total. The molecule has 0 saturated carbocycles. The SMILES string of the molecule is N=C(N)c1c2ccccc2n2cc(O)ccc12. The van der Waals surface area contributed by atoms with E-state index in [-0.39, 0.29) is 11.6 Å². The van der Waals surface area contributed by atoms with Gasteiger partial charge in [0.25, 0.3) is 0 Å². The highest BCUT2D eigenvalue weighted by molar-refractivity contribution is 6.14. The third-order valence-electron chi connectivity index (χ3n) is 2.89. The van der Waals surface area contributed by atoms with Crippen LogP contribution in [-0.4, -0.2) is 15.3 Å². The van der Waals surface area contributed by atoms with E-state index in [1.54, 1.807) is 18.3 Å². The molecule has 17 heavy (non-hydrogen) atoms. The number of para-hydroxylation sites is 1. The maximum Gasteiger partial charge on any atom is 0.132 e. The number of nitrogens with one attached hydrogen (secondary N) is 1. The molecule has 3 rings (SSSR count). The Morgan fingerprint density at radius 1 is 1.12 bits per heavy atom. The second-order valence-corrected chi connectivity index (χ2v) is 3.95. The first-order valence-corrected chi connectivity index (χ1v) is 5.24. The molecule has 0 aliphatic rings. The molecule has 0 saturated heterocycles. The molecule has 84 valence electrons. The van der Waals surface area contributed by atoms with Crippen molar-refractivity contribution >= 4 is 22.3 Å². The lowest BCUT2D eigenvalue weighted by Gasteiger charge is -1.99. The molecular weight excluding hydrogens is 214 g/mol. The number of aromatic hydroxyl groups is 1. The number of hydrogen-bond donors (Lipinski definition) is 3. The Bertz CT molecular complexity index is 743. The Balaban J connectivity index is 2.62. The van der Waals surface area contributed by atoms with E-state index in [0.717, 1.165) is 16.4 Å². The van der Waals surface area contributed by atoms with Crippen LogP contribution in [0.1, 0.15) is 5.56 Å². The Morgan fingerprint density at radius 2 is 1.88 bits per heavy atom. The van der Waals surface area contributed by atoms with Crippen LogP contribution in [0.15, 0.2) is 42.6 Å². The predicted octanol–water partition coefficient (Wildman–Crippen LogP) is 2.08. The van der Waals surface area contributed by atoms with Crippen LogP contribution < -0.4 is 5.73 Å². The molecule has 0 atom stereocenters. The molecule has 2 heterocycles. The summed E-state index contributed by atoms with van der Waals surface area (Å²) in [6.07, 6.45) is 1.63. The topological polar surface area (TPSA) is 74.5 Å². The second-order valence-electron chi connectivity index (χ2n) is 3.95. The van der Waals surface area contributed by atoms with E-state index in [4.69, 9.17) is 11.1 Å². The van der Waals surface area contributed by atoms with Gasteiger partial charge in [-0.25, -0.2) is 0 Å². The summed E-state index contributed by atoms with van der Waals surface area (Å²) < 4.78 is 1.85. The van der Waals surface area contributed by atoms with Gasteiger partial charge in [0.05, 0.1) is 17.2 Å². The number of amidine groups is 1. The van der Waals surface area contributed by atoms with Gasteiger partial charge in [-0.15, -0.1) is 0 Å². The van der Waals surface area contributed by atoms with Crippen molar-refractivity contribution in [1.29, 1.82) is 5.41 Å². The number of pyridine rings is 1. The van der Waals surface area contributed by atoms with Gasteiger partial charge in [-0.2, -0.15) is 0 Å². The van der Waals surface area contributed by atoms with Gasteiger partial charge < -0.3 is 15.2 Å². The zero-order valence-corrected chi connectivity index (χ0v) is 9.01. The third kappa shape index (κ3) is 1.27. The Morgan fingerprint density at radius 3 is 2.65 bits per heavy atom. The van der Waals surface area contributed by atoms with Crippen LogP contribution >= 0.6 is 0 Å². The molecule has 0 aliphatic carbocycles. The van der Waals surface area contributed by atoms with Gasteiger partial charge in [0.2, 0.25) is 0 Å². The average molecular weight is 225 g/mol. The van der Waals surface area contributed by atoms with Crippen LogP contribution in [0.4, 0.5) is 0 Å². The van der Waals surface area contributed by atoms with Gasteiger partial charge in [-0.3, -0.25) is 5.41 Å². The smallest absolute Gasteiger partial charge is 0.132 e. The highest BCUT2D eigenvalue weighted by atomic mass is 16.3. The van der Waals surface area contributed by atoms with Gasteiger partial charge in [-0.1, -0.05) is 18.2 Å². The zero-order valence-electron chi connectivity index (χ0n) is 9.01. The summed E-state index contributed by atoms with van der Waals surface area (Å²) >= 11 is 0. The van der Waals surface area contributed by atoms with Crippen LogP contribution in [0.2, 0.25) is 0 Å². The van der Waals surface area contributed by atoms with Crippen LogP contribution in [0.25, 0.3) is 16.4 Å². The van der Waals surface area contributed by atoms with Gasteiger partial charge in [-0.05, 0) is 18.2 Å². The number of benzene rings is 1. The molecule has 0 amide bonds. The lowest BCUT2D eigenvalue weighted by molar-refractivity contribution is 0.472. The maximum atomic E-state index is 9.53. The van der Waals surface area contributed by atoms with Crippen molar-refractivity contribution in [3.8, 4) is 5.75 Å². The van der Waals surface area contributed by atoms with Crippen LogP contribution in [0.5, 0.6) is 5.75 Å². The number of aromatic nitrogens is 1. The number of nitrogens with two attached hydrogens (primary N) is 1. The fourth-order valence-corrected chi connectivity index (χ4v) is 2.21. The average Bonchev–Trinajstić information content (AvgIpc) is 2.63. The minimum absolute atomic E-state index is 0.0365. The Labute approximate surface area is 97.4 Å². The molecule has 4 heteroatoms. The summed E-state index contributed by atoms with van der Waals surface area (Å²) in [5.41, 5.74) is 8.11. The van der Waals surface area contributed by atoms with Crippen molar-refractivity contribution in [2.75, 3.05) is 0 Å². The summed E-state index contributed by atoms with van der Waals surface area (Å²) in [5.74, 6) is 0.225. The van der Waals surface area contributed by atoms with E-state index in [1.165, 1.54) is 0 Å². The van der Waals surface area contributed by atoms with Crippen molar-refractivity contribution in [1.82, 2.24) is 4.40 Å². The zero-order chi connectivity index (χ0) is 12.0. The quantitative estimate of drug-likeness (QED) is 0.438. The summed E-state index contributed by atoms with van der Waals surface area (Å²) in [6, 6.07) is 11.1. The normalized spacial score (nSPS) is 11.1. The molecule has 0 unspecified atom stereocenters.